The normalized spacial score (nSPS) is 26.3. The summed E-state index contributed by atoms with van der Waals surface area (Å²) in [5, 5.41) is -1.06. The molecule has 10 nitrogen and oxygen atoms in total. The standard InChI is InChI=1S/C17H26N2O8S/c1-11(2)25-16(22)26-12(3)27-17(23)28(10-24-15(21)18(4)5)8-6-7-19-13(20)9-14(19)28/h6-7,11-12,14H,8-10H2,1-5H3. The van der Waals surface area contributed by atoms with Crippen LogP contribution in [0.25, 0.3) is 0 Å². The van der Waals surface area contributed by atoms with Gasteiger partial charge in [-0.2, -0.15) is 0 Å². The highest BCUT2D eigenvalue weighted by molar-refractivity contribution is 8.45. The third-order valence-electron chi connectivity index (χ3n) is 4.07. The predicted octanol–water partition coefficient (Wildman–Crippen LogP) is 2.58. The molecule has 0 aliphatic carbocycles. The van der Waals surface area contributed by atoms with Gasteiger partial charge in [-0.05, 0) is 13.8 Å². The van der Waals surface area contributed by atoms with Gasteiger partial charge >= 0.3 is 17.5 Å². The topological polar surface area (TPSA) is 112 Å². The molecule has 1 saturated heterocycles. The number of hydrogen-bond donors (Lipinski definition) is 0. The molecule has 11 heteroatoms. The van der Waals surface area contributed by atoms with E-state index >= 15 is 0 Å². The van der Waals surface area contributed by atoms with E-state index in [1.807, 2.05) is 0 Å². The first-order valence-corrected chi connectivity index (χ1v) is 10.8. The van der Waals surface area contributed by atoms with Gasteiger partial charge in [0.15, 0.2) is 0 Å². The second kappa shape index (κ2) is 8.72. The van der Waals surface area contributed by atoms with Crippen LogP contribution in [0.3, 0.4) is 0 Å². The molecule has 0 aromatic carbocycles. The van der Waals surface area contributed by atoms with E-state index in [2.05, 4.69) is 0 Å². The zero-order valence-electron chi connectivity index (χ0n) is 16.6. The zero-order chi connectivity index (χ0) is 21.1. The van der Waals surface area contributed by atoms with Crippen LogP contribution in [-0.4, -0.2) is 76.8 Å². The van der Waals surface area contributed by atoms with Crippen LogP contribution >= 0.6 is 10.0 Å². The molecule has 0 spiro atoms. The lowest BCUT2D eigenvalue weighted by Crippen LogP contribution is -2.56. The Morgan fingerprint density at radius 3 is 2.46 bits per heavy atom. The van der Waals surface area contributed by atoms with E-state index in [0.29, 0.717) is 5.75 Å². The van der Waals surface area contributed by atoms with E-state index in [1.54, 1.807) is 26.1 Å². The highest BCUT2D eigenvalue weighted by Crippen LogP contribution is 2.61. The average molecular weight is 418 g/mol. The monoisotopic (exact) mass is 418 g/mol. The van der Waals surface area contributed by atoms with Crippen molar-refractivity contribution in [1.82, 2.24) is 9.80 Å². The maximum absolute atomic E-state index is 13.0. The quantitative estimate of drug-likeness (QED) is 0.290. The lowest BCUT2D eigenvalue weighted by molar-refractivity contribution is -0.137. The van der Waals surface area contributed by atoms with Crippen LogP contribution in [0.5, 0.6) is 0 Å². The third-order valence-corrected chi connectivity index (χ3v) is 7.60. The Morgan fingerprint density at radius 2 is 1.89 bits per heavy atom. The van der Waals surface area contributed by atoms with Crippen molar-refractivity contribution < 1.29 is 38.1 Å². The molecule has 2 aliphatic rings. The van der Waals surface area contributed by atoms with Crippen molar-refractivity contribution in [1.29, 1.82) is 0 Å². The van der Waals surface area contributed by atoms with E-state index in [0.717, 1.165) is 0 Å². The summed E-state index contributed by atoms with van der Waals surface area (Å²) in [4.78, 5) is 51.0. The molecular formula is C17H26N2O8S. The molecule has 28 heavy (non-hydrogen) atoms. The van der Waals surface area contributed by atoms with Crippen LogP contribution in [-0.2, 0) is 23.7 Å². The van der Waals surface area contributed by atoms with Gasteiger partial charge in [0.25, 0.3) is 0 Å². The molecule has 2 rings (SSSR count). The van der Waals surface area contributed by atoms with Crippen molar-refractivity contribution in [2.45, 2.75) is 45.0 Å². The maximum Gasteiger partial charge on any atom is 0.511 e. The summed E-state index contributed by atoms with van der Waals surface area (Å²) in [5.74, 6) is -0.0102. The summed E-state index contributed by atoms with van der Waals surface area (Å²) in [6.07, 6.45) is 0.352. The molecule has 158 valence electrons. The molecule has 0 saturated carbocycles. The Balaban J connectivity index is 2.11. The molecule has 0 aromatic rings. The minimum Gasteiger partial charge on any atom is -0.439 e. The molecule has 3 atom stereocenters. The fraction of sp³-hybridized carbons (Fsp3) is 0.647. The Labute approximate surface area is 165 Å². The molecular weight excluding hydrogens is 392 g/mol. The van der Waals surface area contributed by atoms with E-state index in [1.165, 1.54) is 30.8 Å². The maximum atomic E-state index is 13.0. The van der Waals surface area contributed by atoms with Gasteiger partial charge in [-0.25, -0.2) is 14.4 Å². The molecule has 0 aromatic heterocycles. The lowest BCUT2D eigenvalue weighted by Gasteiger charge is -2.53. The second-order valence-corrected chi connectivity index (χ2v) is 10.2. The Hall–Kier alpha value is -2.43. The molecule has 0 N–H and O–H groups in total. The van der Waals surface area contributed by atoms with E-state index < -0.39 is 39.2 Å². The van der Waals surface area contributed by atoms with Crippen LogP contribution in [0.15, 0.2) is 12.3 Å². The summed E-state index contributed by atoms with van der Waals surface area (Å²) in [6, 6.07) is 0. The van der Waals surface area contributed by atoms with Crippen molar-refractivity contribution in [2.24, 2.45) is 0 Å². The summed E-state index contributed by atoms with van der Waals surface area (Å²) < 4.78 is 20.4. The van der Waals surface area contributed by atoms with Gasteiger partial charge in [0.1, 0.15) is 5.94 Å². The van der Waals surface area contributed by atoms with Gasteiger partial charge in [-0.15, -0.1) is 0 Å². The Bertz CT molecular complexity index is 680. The first-order chi connectivity index (χ1) is 13.1. The van der Waals surface area contributed by atoms with Gasteiger partial charge in [0, 0.05) is 33.0 Å². The number of carbonyl (C=O) groups is 4. The molecule has 2 aliphatic heterocycles. The van der Waals surface area contributed by atoms with Crippen LogP contribution < -0.4 is 0 Å². The molecule has 1 fully saturated rings. The summed E-state index contributed by atoms with van der Waals surface area (Å²) >= 11 is 0. The second-order valence-electron chi connectivity index (χ2n) is 6.85. The highest BCUT2D eigenvalue weighted by atomic mass is 32.3. The van der Waals surface area contributed by atoms with Crippen molar-refractivity contribution in [3.63, 3.8) is 0 Å². The average Bonchev–Trinajstić information content (AvgIpc) is 2.58. The molecule has 0 bridgehead atoms. The summed E-state index contributed by atoms with van der Waals surface area (Å²) in [6.45, 7) is 4.71. The van der Waals surface area contributed by atoms with Gasteiger partial charge in [-0.3, -0.25) is 4.79 Å². The van der Waals surface area contributed by atoms with Crippen LogP contribution in [0.1, 0.15) is 27.2 Å². The molecule has 0 radical (unpaired) electrons. The van der Waals surface area contributed by atoms with Crippen molar-refractivity contribution >= 4 is 33.5 Å². The smallest absolute Gasteiger partial charge is 0.439 e. The largest absolute Gasteiger partial charge is 0.511 e. The minimum atomic E-state index is -2.38. The number of hydrogen-bond acceptors (Lipinski definition) is 8. The fourth-order valence-corrected chi connectivity index (χ4v) is 5.73. The first kappa shape index (κ1) is 21.9. The fourth-order valence-electron chi connectivity index (χ4n) is 2.65. The minimum absolute atomic E-state index is 0.116. The van der Waals surface area contributed by atoms with Crippen molar-refractivity contribution in [3.8, 4) is 0 Å². The van der Waals surface area contributed by atoms with Crippen molar-refractivity contribution in [2.75, 3.05) is 25.8 Å². The van der Waals surface area contributed by atoms with Crippen LogP contribution in [0.4, 0.5) is 14.4 Å². The van der Waals surface area contributed by atoms with E-state index in [-0.39, 0.29) is 24.4 Å². The summed E-state index contributed by atoms with van der Waals surface area (Å²) in [5.41, 5.74) is 0. The number of rotatable bonds is 5. The summed E-state index contributed by atoms with van der Waals surface area (Å²) in [7, 11) is 0.676. The van der Waals surface area contributed by atoms with Gasteiger partial charge < -0.3 is 28.7 Å². The van der Waals surface area contributed by atoms with Gasteiger partial charge in [-0.1, -0.05) is 16.1 Å². The SMILES string of the molecule is CC(C)OC(=O)OC(C)OC(=O)S1(COC(=O)N(C)C)CC=CN2C(=O)CC21. The number of nitrogens with zero attached hydrogens (tertiary/aromatic N) is 2. The number of β-lactam (4-membered cyclic amide) rings is 1. The third kappa shape index (κ3) is 4.70. The highest BCUT2D eigenvalue weighted by Gasteiger charge is 2.54. The van der Waals surface area contributed by atoms with Crippen molar-refractivity contribution in [3.05, 3.63) is 12.3 Å². The number of fused-ring (bicyclic) bond motifs is 1. The zero-order valence-corrected chi connectivity index (χ0v) is 17.4. The lowest BCUT2D eigenvalue weighted by atomic mass is 10.2. The van der Waals surface area contributed by atoms with Crippen LogP contribution in [0.2, 0.25) is 0 Å². The molecule has 3 unspecified atom stereocenters. The Morgan fingerprint density at radius 1 is 1.21 bits per heavy atom. The van der Waals surface area contributed by atoms with E-state index in [9.17, 15) is 19.2 Å². The van der Waals surface area contributed by atoms with Gasteiger partial charge in [0.05, 0.1) is 17.9 Å². The first-order valence-electron chi connectivity index (χ1n) is 8.74. The van der Waals surface area contributed by atoms with Gasteiger partial charge in [0.2, 0.25) is 12.2 Å². The molecule has 2 amide bonds. The Kier molecular flexibility index (Phi) is 6.81. The number of amides is 2. The number of ether oxygens (including phenoxy) is 4. The van der Waals surface area contributed by atoms with E-state index in [4.69, 9.17) is 18.9 Å². The number of carbonyl (C=O) groups excluding carboxylic acids is 4. The molecule has 2 heterocycles. The predicted molar refractivity (Wildman–Crippen MR) is 101 cm³/mol. The van der Waals surface area contributed by atoms with Crippen LogP contribution in [0, 0.1) is 0 Å².